The van der Waals surface area contributed by atoms with E-state index >= 15 is 0 Å². The maximum atomic E-state index is 12.6. The molecule has 0 aliphatic carbocycles. The second-order valence-electron chi connectivity index (χ2n) is 5.18. The lowest BCUT2D eigenvalue weighted by Gasteiger charge is -2.14. The van der Waals surface area contributed by atoms with Crippen LogP contribution < -0.4 is 0 Å². The van der Waals surface area contributed by atoms with E-state index in [-0.39, 0.29) is 5.97 Å². The van der Waals surface area contributed by atoms with Crippen LogP contribution in [0.4, 0.5) is 0 Å². The van der Waals surface area contributed by atoms with Crippen molar-refractivity contribution in [2.24, 2.45) is 0 Å². The number of benzene rings is 3. The first-order valence-corrected chi connectivity index (χ1v) is 7.72. The van der Waals surface area contributed by atoms with Crippen molar-refractivity contribution in [3.8, 4) is 22.3 Å². The maximum Gasteiger partial charge on any atom is 0.339 e. The Morgan fingerprint density at radius 3 is 1.65 bits per heavy atom. The Balaban J connectivity index is 2.23. The first-order chi connectivity index (χ1) is 11.3. The van der Waals surface area contributed by atoms with Crippen LogP contribution in [0.25, 0.3) is 22.3 Å². The average Bonchev–Trinajstić information content (AvgIpc) is 2.63. The van der Waals surface area contributed by atoms with Crippen molar-refractivity contribution >= 4 is 5.97 Å². The normalized spacial score (nSPS) is 10.3. The number of hydrogen-bond acceptors (Lipinski definition) is 2. The number of ether oxygens (including phenoxy) is 1. The summed E-state index contributed by atoms with van der Waals surface area (Å²) < 4.78 is 5.31. The third-order valence-corrected chi connectivity index (χ3v) is 3.71. The van der Waals surface area contributed by atoms with Gasteiger partial charge in [-0.25, -0.2) is 4.79 Å². The highest BCUT2D eigenvalue weighted by Gasteiger charge is 2.19. The Bertz CT molecular complexity index is 735. The standard InChI is InChI=1S/C21H18O2/c1-2-23-21(22)20-18(16-10-5-3-6-11-16)14-9-15-19(20)17-12-7-4-8-13-17/h3-15H,2H2,1H3. The van der Waals surface area contributed by atoms with E-state index in [9.17, 15) is 4.79 Å². The Morgan fingerprint density at radius 2 is 1.22 bits per heavy atom. The average molecular weight is 302 g/mol. The largest absolute Gasteiger partial charge is 0.462 e. The molecule has 0 heterocycles. The molecule has 0 unspecified atom stereocenters. The van der Waals surface area contributed by atoms with Crippen LogP contribution in [0.1, 0.15) is 17.3 Å². The maximum absolute atomic E-state index is 12.6. The minimum atomic E-state index is -0.286. The van der Waals surface area contributed by atoms with E-state index in [2.05, 4.69) is 0 Å². The summed E-state index contributed by atoms with van der Waals surface area (Å²) in [5.74, 6) is -0.286. The number of esters is 1. The van der Waals surface area contributed by atoms with Gasteiger partial charge >= 0.3 is 5.97 Å². The Kier molecular flexibility index (Phi) is 4.53. The molecule has 2 nitrogen and oxygen atoms in total. The summed E-state index contributed by atoms with van der Waals surface area (Å²) in [5, 5.41) is 0. The van der Waals surface area contributed by atoms with E-state index in [4.69, 9.17) is 4.74 Å². The fourth-order valence-electron chi connectivity index (χ4n) is 2.69. The molecule has 114 valence electrons. The summed E-state index contributed by atoms with van der Waals surface area (Å²) in [7, 11) is 0. The van der Waals surface area contributed by atoms with E-state index < -0.39 is 0 Å². The minimum Gasteiger partial charge on any atom is -0.462 e. The molecule has 0 N–H and O–H groups in total. The zero-order chi connectivity index (χ0) is 16.1. The van der Waals surface area contributed by atoms with Crippen LogP contribution >= 0.6 is 0 Å². The number of carbonyl (C=O) groups is 1. The van der Waals surface area contributed by atoms with E-state index in [1.165, 1.54) is 0 Å². The molecule has 0 amide bonds. The predicted molar refractivity (Wildman–Crippen MR) is 93.3 cm³/mol. The summed E-state index contributed by atoms with van der Waals surface area (Å²) in [5.41, 5.74) is 4.42. The van der Waals surface area contributed by atoms with Gasteiger partial charge in [0.05, 0.1) is 12.2 Å². The molecule has 0 atom stereocenters. The summed E-state index contributed by atoms with van der Waals surface area (Å²) in [6.45, 7) is 2.18. The van der Waals surface area contributed by atoms with E-state index in [1.807, 2.05) is 85.8 Å². The first-order valence-electron chi connectivity index (χ1n) is 7.72. The number of hydrogen-bond donors (Lipinski definition) is 0. The van der Waals surface area contributed by atoms with Gasteiger partial charge in [0.15, 0.2) is 0 Å². The molecular formula is C21H18O2. The molecule has 23 heavy (non-hydrogen) atoms. The first kappa shape index (κ1) is 15.0. The molecule has 0 spiro atoms. The molecule has 0 aliphatic heterocycles. The zero-order valence-electron chi connectivity index (χ0n) is 13.0. The number of carbonyl (C=O) groups excluding carboxylic acids is 1. The minimum absolute atomic E-state index is 0.286. The summed E-state index contributed by atoms with van der Waals surface area (Å²) in [4.78, 5) is 12.6. The molecule has 0 aromatic heterocycles. The van der Waals surface area contributed by atoms with Crippen LogP contribution in [0, 0.1) is 0 Å². The monoisotopic (exact) mass is 302 g/mol. The summed E-state index contributed by atoms with van der Waals surface area (Å²) >= 11 is 0. The second-order valence-corrected chi connectivity index (χ2v) is 5.18. The van der Waals surface area contributed by atoms with Crippen molar-refractivity contribution in [2.75, 3.05) is 6.61 Å². The van der Waals surface area contributed by atoms with Gasteiger partial charge in [0, 0.05) is 0 Å². The molecule has 0 fully saturated rings. The lowest BCUT2D eigenvalue weighted by molar-refractivity contribution is 0.0528. The van der Waals surface area contributed by atoms with Crippen LogP contribution in [-0.4, -0.2) is 12.6 Å². The van der Waals surface area contributed by atoms with Gasteiger partial charge in [-0.1, -0.05) is 78.9 Å². The molecule has 0 aliphatic rings. The molecule has 3 rings (SSSR count). The van der Waals surface area contributed by atoms with Crippen LogP contribution in [0.3, 0.4) is 0 Å². The Morgan fingerprint density at radius 1 is 0.739 bits per heavy atom. The molecule has 3 aromatic carbocycles. The van der Waals surface area contributed by atoms with Gasteiger partial charge in [-0.05, 0) is 29.2 Å². The van der Waals surface area contributed by atoms with E-state index in [1.54, 1.807) is 0 Å². The van der Waals surface area contributed by atoms with Gasteiger partial charge in [-0.15, -0.1) is 0 Å². The molecule has 0 bridgehead atoms. The highest BCUT2D eigenvalue weighted by Crippen LogP contribution is 2.32. The van der Waals surface area contributed by atoms with Gasteiger partial charge in [0.1, 0.15) is 0 Å². The summed E-state index contributed by atoms with van der Waals surface area (Å²) in [6, 6.07) is 25.8. The van der Waals surface area contributed by atoms with Gasteiger partial charge in [-0.3, -0.25) is 0 Å². The van der Waals surface area contributed by atoms with Crippen molar-refractivity contribution < 1.29 is 9.53 Å². The van der Waals surface area contributed by atoms with Crippen molar-refractivity contribution in [1.29, 1.82) is 0 Å². The van der Waals surface area contributed by atoms with E-state index in [0.29, 0.717) is 12.2 Å². The molecule has 0 radical (unpaired) electrons. The third-order valence-electron chi connectivity index (χ3n) is 3.71. The molecule has 0 saturated carbocycles. The van der Waals surface area contributed by atoms with Gasteiger partial charge in [-0.2, -0.15) is 0 Å². The molecule has 0 saturated heterocycles. The fraction of sp³-hybridized carbons (Fsp3) is 0.0952. The van der Waals surface area contributed by atoms with Crippen molar-refractivity contribution in [3.05, 3.63) is 84.4 Å². The zero-order valence-corrected chi connectivity index (χ0v) is 13.0. The third kappa shape index (κ3) is 3.16. The topological polar surface area (TPSA) is 26.3 Å². The van der Waals surface area contributed by atoms with Gasteiger partial charge in [0.25, 0.3) is 0 Å². The van der Waals surface area contributed by atoms with Crippen LogP contribution in [-0.2, 0) is 4.74 Å². The second kappa shape index (κ2) is 6.93. The highest BCUT2D eigenvalue weighted by atomic mass is 16.5. The smallest absolute Gasteiger partial charge is 0.339 e. The quantitative estimate of drug-likeness (QED) is 0.619. The van der Waals surface area contributed by atoms with Crippen LogP contribution in [0.2, 0.25) is 0 Å². The molecule has 2 heteroatoms. The van der Waals surface area contributed by atoms with Crippen LogP contribution in [0.15, 0.2) is 78.9 Å². The van der Waals surface area contributed by atoms with Gasteiger partial charge < -0.3 is 4.74 Å². The SMILES string of the molecule is CCOC(=O)c1c(-c2ccccc2)cccc1-c1ccccc1. The predicted octanol–water partition coefficient (Wildman–Crippen LogP) is 5.20. The number of rotatable bonds is 4. The Labute approximate surface area is 136 Å². The Hall–Kier alpha value is -2.87. The van der Waals surface area contributed by atoms with Crippen molar-refractivity contribution in [1.82, 2.24) is 0 Å². The molecular weight excluding hydrogens is 284 g/mol. The fourth-order valence-corrected chi connectivity index (χ4v) is 2.69. The van der Waals surface area contributed by atoms with Crippen molar-refractivity contribution in [3.63, 3.8) is 0 Å². The lowest BCUT2D eigenvalue weighted by atomic mass is 9.92. The van der Waals surface area contributed by atoms with E-state index in [0.717, 1.165) is 22.3 Å². The van der Waals surface area contributed by atoms with Gasteiger partial charge in [0.2, 0.25) is 0 Å². The molecule has 3 aromatic rings. The summed E-state index contributed by atoms with van der Waals surface area (Å²) in [6.07, 6.45) is 0. The lowest BCUT2D eigenvalue weighted by Crippen LogP contribution is -2.08. The van der Waals surface area contributed by atoms with Crippen molar-refractivity contribution in [2.45, 2.75) is 6.92 Å². The highest BCUT2D eigenvalue weighted by molar-refractivity contribution is 6.04. The van der Waals surface area contributed by atoms with Crippen LogP contribution in [0.5, 0.6) is 0 Å².